The molecule has 0 atom stereocenters. The van der Waals surface area contributed by atoms with Gasteiger partial charge in [-0.05, 0) is 18.6 Å². The highest BCUT2D eigenvalue weighted by Gasteiger charge is 2.08. The second-order valence-electron chi connectivity index (χ2n) is 4.34. The average molecular weight is 274 g/mol. The molecule has 0 heterocycles. The third-order valence-electron chi connectivity index (χ3n) is 2.93. The van der Waals surface area contributed by atoms with Crippen molar-refractivity contribution < 1.29 is 14.3 Å². The Balaban J connectivity index is 2.21. The minimum Gasteiger partial charge on any atom is -0.489 e. The molecule has 0 saturated heterocycles. The second kappa shape index (κ2) is 6.06. The highest BCUT2D eigenvalue weighted by Crippen LogP contribution is 2.21. The Hall–Kier alpha value is -2.56. The molecule has 0 radical (unpaired) electrons. The van der Waals surface area contributed by atoms with Crippen LogP contribution in [-0.2, 0) is 6.61 Å². The van der Waals surface area contributed by atoms with E-state index in [1.807, 2.05) is 19.1 Å². The number of oxime groups is 1. The van der Waals surface area contributed by atoms with Gasteiger partial charge in [0.2, 0.25) is 0 Å². The van der Waals surface area contributed by atoms with Crippen molar-refractivity contribution in [3.05, 3.63) is 65.0 Å². The van der Waals surface area contributed by atoms with E-state index in [0.717, 1.165) is 11.1 Å². The van der Waals surface area contributed by atoms with Crippen molar-refractivity contribution in [1.29, 1.82) is 0 Å². The highest BCUT2D eigenvalue weighted by atomic mass is 19.1. The van der Waals surface area contributed by atoms with E-state index < -0.39 is 0 Å². The van der Waals surface area contributed by atoms with Gasteiger partial charge in [-0.3, -0.25) is 0 Å². The van der Waals surface area contributed by atoms with Gasteiger partial charge in [-0.1, -0.05) is 35.5 Å². The largest absolute Gasteiger partial charge is 0.489 e. The first kappa shape index (κ1) is 13.9. The van der Waals surface area contributed by atoms with Gasteiger partial charge in [-0.25, -0.2) is 4.39 Å². The van der Waals surface area contributed by atoms with Gasteiger partial charge >= 0.3 is 0 Å². The number of nitrogens with two attached hydrogens (primary N) is 1. The number of benzene rings is 2. The zero-order chi connectivity index (χ0) is 14.5. The van der Waals surface area contributed by atoms with Crippen LogP contribution < -0.4 is 10.5 Å². The molecule has 0 aliphatic carbocycles. The lowest BCUT2D eigenvalue weighted by Gasteiger charge is -2.12. The maximum absolute atomic E-state index is 13.2. The molecule has 2 aromatic carbocycles. The average Bonchev–Trinajstić information content (AvgIpc) is 2.47. The first-order valence-electron chi connectivity index (χ1n) is 6.06. The van der Waals surface area contributed by atoms with Crippen LogP contribution in [0.1, 0.15) is 16.7 Å². The first-order chi connectivity index (χ1) is 9.61. The van der Waals surface area contributed by atoms with E-state index in [-0.39, 0.29) is 18.3 Å². The minimum atomic E-state index is -0.352. The van der Waals surface area contributed by atoms with Gasteiger partial charge in [-0.15, -0.1) is 0 Å². The summed E-state index contributed by atoms with van der Waals surface area (Å²) in [6.07, 6.45) is 0. The fourth-order valence-electron chi connectivity index (χ4n) is 1.83. The molecule has 2 rings (SSSR count). The molecule has 3 N–H and O–H groups in total. The van der Waals surface area contributed by atoms with E-state index >= 15 is 0 Å². The van der Waals surface area contributed by atoms with E-state index in [4.69, 9.17) is 15.7 Å². The van der Waals surface area contributed by atoms with E-state index in [9.17, 15) is 4.39 Å². The number of ether oxygens (including phenoxy) is 1. The van der Waals surface area contributed by atoms with Crippen molar-refractivity contribution in [3.8, 4) is 5.75 Å². The SMILES string of the molecule is Cc1ccc(F)cc1OCc1ccccc1/C(N)=N/O. The third kappa shape index (κ3) is 3.06. The molecule has 0 aliphatic heterocycles. The van der Waals surface area contributed by atoms with Crippen LogP contribution in [0.3, 0.4) is 0 Å². The standard InChI is InChI=1S/C15H15FN2O2/c1-10-6-7-12(16)8-14(10)20-9-11-4-2-3-5-13(11)15(17)18-19/h2-8,19H,9H2,1H3,(H2,17,18). The van der Waals surface area contributed by atoms with Crippen LogP contribution in [0.5, 0.6) is 5.75 Å². The molecule has 0 spiro atoms. The summed E-state index contributed by atoms with van der Waals surface area (Å²) in [5.41, 5.74) is 7.79. The molecule has 0 aliphatic rings. The third-order valence-corrected chi connectivity index (χ3v) is 2.93. The summed E-state index contributed by atoms with van der Waals surface area (Å²) in [6.45, 7) is 2.04. The summed E-state index contributed by atoms with van der Waals surface area (Å²) in [7, 11) is 0. The van der Waals surface area contributed by atoms with Crippen molar-refractivity contribution in [3.63, 3.8) is 0 Å². The zero-order valence-corrected chi connectivity index (χ0v) is 11.0. The maximum Gasteiger partial charge on any atom is 0.170 e. The van der Waals surface area contributed by atoms with Gasteiger partial charge in [0.05, 0.1) is 0 Å². The number of halogens is 1. The van der Waals surface area contributed by atoms with E-state index in [0.29, 0.717) is 11.3 Å². The fourth-order valence-corrected chi connectivity index (χ4v) is 1.83. The Morgan fingerprint density at radius 1 is 1.30 bits per heavy atom. The van der Waals surface area contributed by atoms with Gasteiger partial charge in [0.15, 0.2) is 5.84 Å². The van der Waals surface area contributed by atoms with Crippen molar-refractivity contribution in [2.45, 2.75) is 13.5 Å². The van der Waals surface area contributed by atoms with Crippen molar-refractivity contribution in [1.82, 2.24) is 0 Å². The molecule has 0 bridgehead atoms. The monoisotopic (exact) mass is 274 g/mol. The maximum atomic E-state index is 13.2. The molecule has 2 aromatic rings. The Morgan fingerprint density at radius 2 is 2.05 bits per heavy atom. The van der Waals surface area contributed by atoms with Gasteiger partial charge < -0.3 is 15.7 Å². The Morgan fingerprint density at radius 3 is 2.80 bits per heavy atom. The lowest BCUT2D eigenvalue weighted by atomic mass is 10.1. The number of hydrogen-bond acceptors (Lipinski definition) is 3. The summed E-state index contributed by atoms with van der Waals surface area (Å²) in [6, 6.07) is 11.5. The normalized spacial score (nSPS) is 11.4. The quantitative estimate of drug-likeness (QED) is 0.390. The highest BCUT2D eigenvalue weighted by molar-refractivity contribution is 5.98. The Kier molecular flexibility index (Phi) is 4.20. The van der Waals surface area contributed by atoms with Gasteiger partial charge in [0.25, 0.3) is 0 Å². The molecule has 104 valence electrons. The smallest absolute Gasteiger partial charge is 0.170 e. The van der Waals surface area contributed by atoms with Crippen LogP contribution >= 0.6 is 0 Å². The van der Waals surface area contributed by atoms with E-state index in [1.54, 1.807) is 18.2 Å². The topological polar surface area (TPSA) is 67.8 Å². The Bertz CT molecular complexity index is 642. The van der Waals surface area contributed by atoms with Crippen LogP contribution in [-0.4, -0.2) is 11.0 Å². The van der Waals surface area contributed by atoms with Gasteiger partial charge in [0, 0.05) is 17.2 Å². The first-order valence-corrected chi connectivity index (χ1v) is 6.06. The van der Waals surface area contributed by atoms with Gasteiger partial charge in [-0.2, -0.15) is 0 Å². The van der Waals surface area contributed by atoms with Crippen LogP contribution in [0.2, 0.25) is 0 Å². The van der Waals surface area contributed by atoms with Gasteiger partial charge in [0.1, 0.15) is 18.2 Å². The van der Waals surface area contributed by atoms with Crippen LogP contribution in [0.25, 0.3) is 0 Å². The second-order valence-corrected chi connectivity index (χ2v) is 4.34. The number of aryl methyl sites for hydroxylation is 1. The molecule has 0 unspecified atom stereocenters. The molecule has 4 nitrogen and oxygen atoms in total. The summed E-state index contributed by atoms with van der Waals surface area (Å²) in [4.78, 5) is 0. The predicted molar refractivity (Wildman–Crippen MR) is 74.4 cm³/mol. The minimum absolute atomic E-state index is 0.0140. The molecular weight excluding hydrogens is 259 g/mol. The molecule has 0 amide bonds. The van der Waals surface area contributed by atoms with Crippen LogP contribution in [0.15, 0.2) is 47.6 Å². The summed E-state index contributed by atoms with van der Waals surface area (Å²) in [5.74, 6) is 0.134. The lowest BCUT2D eigenvalue weighted by Crippen LogP contribution is -2.16. The summed E-state index contributed by atoms with van der Waals surface area (Å²) in [5, 5.41) is 11.7. The lowest BCUT2D eigenvalue weighted by molar-refractivity contribution is 0.301. The molecular formula is C15H15FN2O2. The number of rotatable bonds is 4. The van der Waals surface area contributed by atoms with Crippen molar-refractivity contribution in [2.24, 2.45) is 10.9 Å². The molecule has 0 aromatic heterocycles. The molecule has 5 heteroatoms. The summed E-state index contributed by atoms with van der Waals surface area (Å²) < 4.78 is 18.8. The van der Waals surface area contributed by atoms with Crippen LogP contribution in [0, 0.1) is 12.7 Å². The number of hydrogen-bond donors (Lipinski definition) is 2. The molecule has 0 fully saturated rings. The summed E-state index contributed by atoms with van der Waals surface area (Å²) >= 11 is 0. The van der Waals surface area contributed by atoms with E-state index in [2.05, 4.69) is 5.16 Å². The zero-order valence-electron chi connectivity index (χ0n) is 11.0. The Labute approximate surface area is 116 Å². The number of amidine groups is 1. The van der Waals surface area contributed by atoms with Crippen molar-refractivity contribution >= 4 is 5.84 Å². The fraction of sp³-hybridized carbons (Fsp3) is 0.133. The van der Waals surface area contributed by atoms with Crippen molar-refractivity contribution in [2.75, 3.05) is 0 Å². The molecule has 20 heavy (non-hydrogen) atoms. The van der Waals surface area contributed by atoms with Crippen LogP contribution in [0.4, 0.5) is 4.39 Å². The molecule has 0 saturated carbocycles. The van der Waals surface area contributed by atoms with E-state index in [1.165, 1.54) is 12.1 Å². The number of nitrogens with zero attached hydrogens (tertiary/aromatic N) is 1. The predicted octanol–water partition coefficient (Wildman–Crippen LogP) is 2.81.